The van der Waals surface area contributed by atoms with Gasteiger partial charge in [0.15, 0.2) is 24.6 Å². The quantitative estimate of drug-likeness (QED) is 0.101. The maximum absolute atomic E-state index is 13.6. The van der Waals surface area contributed by atoms with Crippen LogP contribution in [0.15, 0.2) is 39.1 Å². The van der Waals surface area contributed by atoms with Gasteiger partial charge in [0.05, 0.1) is 6.61 Å². The summed E-state index contributed by atoms with van der Waals surface area (Å²) in [6.45, 7) is 16.7. The number of hydrogen-bond donors (Lipinski definition) is 2. The second-order valence-electron chi connectivity index (χ2n) is 15.2. The Bertz CT molecular complexity index is 1960. The molecule has 4 heterocycles. The van der Waals surface area contributed by atoms with Crippen molar-refractivity contribution in [3.8, 4) is 0 Å². The van der Waals surface area contributed by atoms with E-state index in [-0.39, 0.29) is 31.0 Å². The van der Waals surface area contributed by atoms with Gasteiger partial charge in [-0.2, -0.15) is 0 Å². The number of nitrogens with zero attached hydrogens (tertiary/aromatic N) is 3. The number of ether oxygens (including phenoxy) is 6. The molecular weight excluding hydrogens is 762 g/mol. The molecule has 0 bridgehead atoms. The molecule has 1 aromatic heterocycles. The lowest BCUT2D eigenvalue weighted by molar-refractivity contribution is -0.308. The Morgan fingerprint density at radius 1 is 0.983 bits per heavy atom. The summed E-state index contributed by atoms with van der Waals surface area (Å²) in [5.74, 6) is -2.76. The van der Waals surface area contributed by atoms with Crippen molar-refractivity contribution >= 4 is 53.4 Å². The fourth-order valence-corrected chi connectivity index (χ4v) is 7.41. The summed E-state index contributed by atoms with van der Waals surface area (Å²) >= 11 is 0. The van der Waals surface area contributed by atoms with Crippen molar-refractivity contribution in [2.24, 2.45) is 21.8 Å². The summed E-state index contributed by atoms with van der Waals surface area (Å²) in [5.41, 5.74) is 6.49. The average Bonchev–Trinajstić information content (AvgIpc) is 3.85. The molecule has 1 aromatic rings. The van der Waals surface area contributed by atoms with E-state index < -0.39 is 54.6 Å². The van der Waals surface area contributed by atoms with E-state index in [0.717, 1.165) is 72.7 Å². The second-order valence-corrected chi connectivity index (χ2v) is 15.2. The summed E-state index contributed by atoms with van der Waals surface area (Å²) in [6.07, 6.45) is 1.85. The predicted octanol–water partition coefficient (Wildman–Crippen LogP) is 2.95. The first-order chi connectivity index (χ1) is 28.0. The third-order valence-electron chi connectivity index (χ3n) is 10.6. The van der Waals surface area contributed by atoms with Crippen molar-refractivity contribution in [3.63, 3.8) is 0 Å². The van der Waals surface area contributed by atoms with E-state index in [1.165, 1.54) is 12.5 Å². The number of carbonyl (C=O) groups excluding carboxylic acids is 5. The van der Waals surface area contributed by atoms with Crippen LogP contribution in [0, 0.1) is 18.8 Å². The lowest BCUT2D eigenvalue weighted by atomic mass is 9.84. The van der Waals surface area contributed by atoms with Gasteiger partial charge in [-0.3, -0.25) is 34.0 Å². The summed E-state index contributed by atoms with van der Waals surface area (Å²) in [7, 11) is 1.73. The summed E-state index contributed by atoms with van der Waals surface area (Å²) in [4.78, 5) is 76.3. The highest BCUT2D eigenvalue weighted by Crippen LogP contribution is 2.37. The molecule has 3 aliphatic rings. The molecule has 4 rings (SSSR count). The Labute approximate surface area is 346 Å². The zero-order valence-electron chi connectivity index (χ0n) is 36.0. The fourth-order valence-electron chi connectivity index (χ4n) is 7.41. The standard InChI is InChI=1S/C43H61N5O11/c1-11-44-17-16-33-25(3)21-35(46-33)27(5)39-32(26(4)36(47-39)22-34-24(2)15-18-45-34)13-14-38(53)48(10)19-12-20-54-43-42(58-31(9)52)41(57-30(8)51)40(56-29(7)50)37(59-43)23-55-28(6)49/h16-17,21-22,26,32,37,40-43,45-46H,11-15,18-20,23H2,1-10H3/b33-16-,35-27-,36-22-,44-17?/t26-,32-,37+,40+,41-,42+,43+/m0/s1. The van der Waals surface area contributed by atoms with Crippen LogP contribution in [0.1, 0.15) is 86.6 Å². The van der Waals surface area contributed by atoms with E-state index in [1.54, 1.807) is 11.9 Å². The monoisotopic (exact) mass is 823 g/mol. The Balaban J connectivity index is 1.46. The summed E-state index contributed by atoms with van der Waals surface area (Å²) in [6, 6.07) is 2.13. The van der Waals surface area contributed by atoms with Gasteiger partial charge in [0, 0.05) is 107 Å². The van der Waals surface area contributed by atoms with Crippen molar-refractivity contribution < 1.29 is 52.4 Å². The van der Waals surface area contributed by atoms with E-state index in [9.17, 15) is 24.0 Å². The Morgan fingerprint density at radius 3 is 2.29 bits per heavy atom. The average molecular weight is 824 g/mol. The number of allylic oxidation sites excluding steroid dienone is 2. The Hall–Kier alpha value is -5.09. The van der Waals surface area contributed by atoms with Gasteiger partial charge in [-0.15, -0.1) is 0 Å². The minimum Gasteiger partial charge on any atom is -0.463 e. The van der Waals surface area contributed by atoms with E-state index in [2.05, 4.69) is 55.1 Å². The number of aliphatic imine (C=N–C) groups is 2. The van der Waals surface area contributed by atoms with Crippen molar-refractivity contribution in [1.82, 2.24) is 15.2 Å². The number of esters is 4. The second kappa shape index (κ2) is 21.8. The number of H-pyrrole nitrogens is 1. The van der Waals surface area contributed by atoms with Crippen LogP contribution >= 0.6 is 0 Å². The van der Waals surface area contributed by atoms with Gasteiger partial charge in [-0.1, -0.05) is 6.92 Å². The summed E-state index contributed by atoms with van der Waals surface area (Å²) in [5, 5.41) is 5.44. The fraction of sp³-hybridized carbons (Fsp3) is 0.605. The molecule has 1 fully saturated rings. The number of amides is 1. The van der Waals surface area contributed by atoms with Crippen LogP contribution in [-0.2, 0) is 52.4 Å². The van der Waals surface area contributed by atoms with Gasteiger partial charge in [0.1, 0.15) is 12.7 Å². The maximum atomic E-state index is 13.6. The molecule has 16 heteroatoms. The zero-order valence-corrected chi connectivity index (χ0v) is 36.0. The molecule has 1 saturated heterocycles. The summed E-state index contributed by atoms with van der Waals surface area (Å²) < 4.78 is 33.6. The largest absolute Gasteiger partial charge is 0.463 e. The topological polar surface area (TPSA) is 197 Å². The van der Waals surface area contributed by atoms with Crippen LogP contribution in [0.3, 0.4) is 0 Å². The lowest BCUT2D eigenvalue weighted by Gasteiger charge is -2.44. The minimum atomic E-state index is -1.33. The van der Waals surface area contributed by atoms with Crippen molar-refractivity contribution in [2.75, 3.05) is 39.9 Å². The molecule has 0 radical (unpaired) electrons. The molecule has 0 unspecified atom stereocenters. The number of nitrogens with one attached hydrogen (secondary N) is 2. The minimum absolute atomic E-state index is 0.00416. The smallest absolute Gasteiger partial charge is 0.303 e. The van der Waals surface area contributed by atoms with Gasteiger partial charge in [-0.25, -0.2) is 0 Å². The van der Waals surface area contributed by atoms with Gasteiger partial charge in [-0.05, 0) is 81.9 Å². The number of aromatic nitrogens is 1. The predicted molar refractivity (Wildman–Crippen MR) is 220 cm³/mol. The molecule has 0 spiro atoms. The third-order valence-corrected chi connectivity index (χ3v) is 10.6. The zero-order chi connectivity index (χ0) is 43.4. The van der Waals surface area contributed by atoms with Crippen LogP contribution in [0.25, 0.3) is 11.6 Å². The third kappa shape index (κ3) is 12.9. The van der Waals surface area contributed by atoms with Crippen LogP contribution in [0.5, 0.6) is 0 Å². The molecule has 7 atom stereocenters. The molecule has 3 aliphatic heterocycles. The van der Waals surface area contributed by atoms with Gasteiger partial charge in [0.2, 0.25) is 5.91 Å². The first-order valence-corrected chi connectivity index (χ1v) is 20.3. The van der Waals surface area contributed by atoms with Crippen molar-refractivity contribution in [2.45, 2.75) is 119 Å². The number of hydrogen-bond acceptors (Lipinski definition) is 14. The van der Waals surface area contributed by atoms with Crippen LogP contribution in [-0.4, -0.2) is 122 Å². The lowest BCUT2D eigenvalue weighted by Crippen LogP contribution is -2.63. The van der Waals surface area contributed by atoms with Gasteiger partial charge in [0.25, 0.3) is 0 Å². The number of carbonyl (C=O) groups is 5. The molecule has 0 saturated carbocycles. The van der Waals surface area contributed by atoms with E-state index in [0.29, 0.717) is 32.4 Å². The van der Waals surface area contributed by atoms with E-state index in [1.807, 2.05) is 19.2 Å². The van der Waals surface area contributed by atoms with Crippen molar-refractivity contribution in [1.29, 1.82) is 0 Å². The van der Waals surface area contributed by atoms with Crippen LogP contribution in [0.4, 0.5) is 0 Å². The van der Waals surface area contributed by atoms with Crippen LogP contribution < -0.4 is 16.0 Å². The van der Waals surface area contributed by atoms with E-state index in [4.69, 9.17) is 33.4 Å². The molecule has 1 amide bonds. The molecule has 0 aliphatic carbocycles. The van der Waals surface area contributed by atoms with Gasteiger partial charge >= 0.3 is 23.9 Å². The first kappa shape index (κ1) is 46.6. The molecule has 0 aromatic carbocycles. The molecule has 16 nitrogen and oxygen atoms in total. The SMILES string of the molecule is CCN=C/C=c1\[nH]/c(=C(/C)C2=N/C(=C\C3=C(C)CCN3)[C@@H](C)[C@@H]2CCC(=O)N(C)CCCO[C@@H]2O[C@H](COC(C)=O)[C@@H](OC(C)=O)[C@H](OC(C)=O)[C@H]2OC(C)=O)cc1C. The normalized spacial score (nSPS) is 25.8. The molecular formula is C43H61N5O11. The number of rotatable bonds is 17. The molecule has 324 valence electrons. The van der Waals surface area contributed by atoms with E-state index >= 15 is 0 Å². The highest BCUT2D eigenvalue weighted by Gasteiger charge is 2.52. The Kier molecular flexibility index (Phi) is 17.2. The molecule has 59 heavy (non-hydrogen) atoms. The van der Waals surface area contributed by atoms with Gasteiger partial charge < -0.3 is 43.6 Å². The first-order valence-electron chi connectivity index (χ1n) is 20.3. The maximum Gasteiger partial charge on any atom is 0.303 e. The van der Waals surface area contributed by atoms with Crippen molar-refractivity contribution in [3.05, 3.63) is 45.4 Å². The molecule has 2 N–H and O–H groups in total. The highest BCUT2D eigenvalue weighted by molar-refractivity contribution is 6.20. The Morgan fingerprint density at radius 2 is 1.66 bits per heavy atom. The highest BCUT2D eigenvalue weighted by atomic mass is 16.7. The number of aromatic amines is 1. The van der Waals surface area contributed by atoms with Crippen LogP contribution in [0.2, 0.25) is 0 Å². The number of aryl methyl sites for hydroxylation is 1.